The standard InChI is InChI=1S/C19H18O5/c1-3-23-16-8-4-14(5-9-16)7-11-19(21)24-17-10-6-15(13-20)12-18(17)22-2/h4-13H,3H2,1-2H3/b11-7+. The molecule has 0 atom stereocenters. The van der Waals surface area contributed by atoms with Crippen LogP contribution in [0.1, 0.15) is 22.8 Å². The minimum absolute atomic E-state index is 0.254. The Labute approximate surface area is 140 Å². The monoisotopic (exact) mass is 326 g/mol. The van der Waals surface area contributed by atoms with E-state index in [1.165, 1.54) is 25.3 Å². The molecule has 0 fully saturated rings. The number of hydrogen-bond donors (Lipinski definition) is 0. The third-order valence-electron chi connectivity index (χ3n) is 3.14. The van der Waals surface area contributed by atoms with Crippen LogP contribution in [0.15, 0.2) is 48.5 Å². The fourth-order valence-electron chi connectivity index (χ4n) is 1.99. The van der Waals surface area contributed by atoms with Gasteiger partial charge in [0.15, 0.2) is 11.5 Å². The largest absolute Gasteiger partial charge is 0.494 e. The number of hydrogen-bond acceptors (Lipinski definition) is 5. The summed E-state index contributed by atoms with van der Waals surface area (Å²) in [6.07, 6.45) is 3.66. The number of methoxy groups -OCH3 is 1. The second kappa shape index (κ2) is 8.53. The Bertz CT molecular complexity index is 732. The van der Waals surface area contributed by atoms with Gasteiger partial charge in [-0.1, -0.05) is 12.1 Å². The molecule has 0 bridgehead atoms. The molecule has 0 amide bonds. The van der Waals surface area contributed by atoms with Crippen LogP contribution in [0.3, 0.4) is 0 Å². The Hall–Kier alpha value is -3.08. The zero-order valence-electron chi connectivity index (χ0n) is 13.5. The molecule has 0 aromatic heterocycles. The Balaban J connectivity index is 2.03. The summed E-state index contributed by atoms with van der Waals surface area (Å²) in [4.78, 5) is 22.7. The van der Waals surface area contributed by atoms with Crippen LogP contribution in [0, 0.1) is 0 Å². The van der Waals surface area contributed by atoms with Crippen molar-refractivity contribution in [3.8, 4) is 17.2 Å². The van der Waals surface area contributed by atoms with Crippen LogP contribution in [0.5, 0.6) is 17.2 Å². The van der Waals surface area contributed by atoms with E-state index in [0.717, 1.165) is 11.3 Å². The van der Waals surface area contributed by atoms with Crippen molar-refractivity contribution in [3.05, 3.63) is 59.7 Å². The van der Waals surface area contributed by atoms with E-state index in [1.54, 1.807) is 12.1 Å². The van der Waals surface area contributed by atoms with Gasteiger partial charge in [-0.15, -0.1) is 0 Å². The number of rotatable bonds is 7. The minimum Gasteiger partial charge on any atom is -0.494 e. The fraction of sp³-hybridized carbons (Fsp3) is 0.158. The van der Waals surface area contributed by atoms with Crippen LogP contribution < -0.4 is 14.2 Å². The van der Waals surface area contributed by atoms with Crippen LogP contribution in [0.2, 0.25) is 0 Å². The molecule has 2 rings (SSSR count). The number of aldehydes is 1. The molecule has 0 aliphatic heterocycles. The van der Waals surface area contributed by atoms with Gasteiger partial charge in [-0.2, -0.15) is 0 Å². The van der Waals surface area contributed by atoms with Crippen molar-refractivity contribution >= 4 is 18.3 Å². The molecule has 0 saturated carbocycles. The summed E-state index contributed by atoms with van der Waals surface area (Å²) in [6, 6.07) is 11.9. The number of ether oxygens (including phenoxy) is 3. The number of carbonyl (C=O) groups is 2. The molecular formula is C19H18O5. The van der Waals surface area contributed by atoms with Gasteiger partial charge in [0.25, 0.3) is 0 Å². The first-order valence-electron chi connectivity index (χ1n) is 7.42. The third kappa shape index (κ3) is 4.71. The molecule has 0 aliphatic rings. The summed E-state index contributed by atoms with van der Waals surface area (Å²) < 4.78 is 15.7. The van der Waals surface area contributed by atoms with Crippen molar-refractivity contribution in [2.75, 3.05) is 13.7 Å². The quantitative estimate of drug-likeness (QED) is 0.337. The second-order valence-electron chi connectivity index (χ2n) is 4.78. The smallest absolute Gasteiger partial charge is 0.336 e. The fourth-order valence-corrected chi connectivity index (χ4v) is 1.99. The van der Waals surface area contributed by atoms with Gasteiger partial charge in [0.05, 0.1) is 13.7 Å². The number of benzene rings is 2. The van der Waals surface area contributed by atoms with Gasteiger partial charge in [-0.3, -0.25) is 4.79 Å². The molecule has 0 radical (unpaired) electrons. The first-order chi connectivity index (χ1) is 11.7. The van der Waals surface area contributed by atoms with E-state index >= 15 is 0 Å². The molecule has 0 heterocycles. The van der Waals surface area contributed by atoms with Crippen LogP contribution in [-0.2, 0) is 4.79 Å². The summed E-state index contributed by atoms with van der Waals surface area (Å²) in [5, 5.41) is 0. The molecule has 0 unspecified atom stereocenters. The third-order valence-corrected chi connectivity index (χ3v) is 3.14. The molecule has 5 nitrogen and oxygen atoms in total. The predicted octanol–water partition coefficient (Wildman–Crippen LogP) is 3.53. The molecule has 0 N–H and O–H groups in total. The van der Waals surface area contributed by atoms with E-state index in [2.05, 4.69) is 0 Å². The van der Waals surface area contributed by atoms with Gasteiger partial charge in [0.2, 0.25) is 0 Å². The van der Waals surface area contributed by atoms with Gasteiger partial charge in [-0.05, 0) is 48.9 Å². The highest BCUT2D eigenvalue weighted by Gasteiger charge is 2.08. The molecule has 5 heteroatoms. The topological polar surface area (TPSA) is 61.8 Å². The van der Waals surface area contributed by atoms with E-state index in [0.29, 0.717) is 24.2 Å². The van der Waals surface area contributed by atoms with Crippen molar-refractivity contribution in [1.29, 1.82) is 0 Å². The summed E-state index contributed by atoms with van der Waals surface area (Å²) in [6.45, 7) is 2.52. The van der Waals surface area contributed by atoms with Crippen LogP contribution in [0.4, 0.5) is 0 Å². The first kappa shape index (κ1) is 17.3. The van der Waals surface area contributed by atoms with Gasteiger partial charge < -0.3 is 14.2 Å². The van der Waals surface area contributed by atoms with E-state index in [4.69, 9.17) is 14.2 Å². The lowest BCUT2D eigenvalue weighted by Crippen LogP contribution is -2.05. The molecule has 2 aromatic carbocycles. The second-order valence-corrected chi connectivity index (χ2v) is 4.78. The maximum absolute atomic E-state index is 11.9. The Morgan fingerprint density at radius 3 is 2.38 bits per heavy atom. The first-order valence-corrected chi connectivity index (χ1v) is 7.42. The van der Waals surface area contributed by atoms with E-state index < -0.39 is 5.97 Å². The Morgan fingerprint density at radius 1 is 1.04 bits per heavy atom. The summed E-state index contributed by atoms with van der Waals surface area (Å²) in [5.74, 6) is 0.810. The zero-order valence-corrected chi connectivity index (χ0v) is 13.5. The zero-order chi connectivity index (χ0) is 17.4. The molecule has 0 spiro atoms. The highest BCUT2D eigenvalue weighted by atomic mass is 16.6. The van der Waals surface area contributed by atoms with Crippen LogP contribution >= 0.6 is 0 Å². The van der Waals surface area contributed by atoms with Crippen molar-refractivity contribution in [3.63, 3.8) is 0 Å². The van der Waals surface area contributed by atoms with E-state index in [1.807, 2.05) is 31.2 Å². The molecule has 0 aliphatic carbocycles. The van der Waals surface area contributed by atoms with Gasteiger partial charge >= 0.3 is 5.97 Å². The molecule has 24 heavy (non-hydrogen) atoms. The number of esters is 1. The maximum Gasteiger partial charge on any atom is 0.336 e. The number of carbonyl (C=O) groups excluding carboxylic acids is 2. The summed E-state index contributed by atoms with van der Waals surface area (Å²) >= 11 is 0. The normalized spacial score (nSPS) is 10.4. The van der Waals surface area contributed by atoms with Crippen molar-refractivity contribution in [2.45, 2.75) is 6.92 Å². The van der Waals surface area contributed by atoms with E-state index in [-0.39, 0.29) is 5.75 Å². The van der Waals surface area contributed by atoms with Crippen LogP contribution in [0.25, 0.3) is 6.08 Å². The molecular weight excluding hydrogens is 308 g/mol. The average Bonchev–Trinajstić information content (AvgIpc) is 2.61. The van der Waals surface area contributed by atoms with Gasteiger partial charge in [0, 0.05) is 11.6 Å². The van der Waals surface area contributed by atoms with Crippen molar-refractivity contribution < 1.29 is 23.8 Å². The lowest BCUT2D eigenvalue weighted by molar-refractivity contribution is -0.129. The predicted molar refractivity (Wildman–Crippen MR) is 90.7 cm³/mol. The lowest BCUT2D eigenvalue weighted by atomic mass is 10.2. The Morgan fingerprint density at radius 2 is 1.75 bits per heavy atom. The molecule has 124 valence electrons. The van der Waals surface area contributed by atoms with Crippen molar-refractivity contribution in [2.24, 2.45) is 0 Å². The van der Waals surface area contributed by atoms with E-state index in [9.17, 15) is 9.59 Å². The van der Waals surface area contributed by atoms with Gasteiger partial charge in [0.1, 0.15) is 12.0 Å². The highest BCUT2D eigenvalue weighted by molar-refractivity contribution is 5.89. The average molecular weight is 326 g/mol. The lowest BCUT2D eigenvalue weighted by Gasteiger charge is -2.08. The maximum atomic E-state index is 11.9. The Kier molecular flexibility index (Phi) is 6.14. The SMILES string of the molecule is CCOc1ccc(/C=C/C(=O)Oc2ccc(C=O)cc2OC)cc1. The van der Waals surface area contributed by atoms with Crippen LogP contribution in [-0.4, -0.2) is 26.0 Å². The van der Waals surface area contributed by atoms with Gasteiger partial charge in [-0.25, -0.2) is 4.79 Å². The van der Waals surface area contributed by atoms with Crippen molar-refractivity contribution in [1.82, 2.24) is 0 Å². The molecule has 0 saturated heterocycles. The minimum atomic E-state index is -0.541. The summed E-state index contributed by atoms with van der Waals surface area (Å²) in [7, 11) is 1.44. The highest BCUT2D eigenvalue weighted by Crippen LogP contribution is 2.27. The summed E-state index contributed by atoms with van der Waals surface area (Å²) in [5.41, 5.74) is 1.29. The molecule has 2 aromatic rings.